The Morgan fingerprint density at radius 2 is 1.77 bits per heavy atom. The van der Waals surface area contributed by atoms with Crippen molar-refractivity contribution in [1.29, 1.82) is 0 Å². The number of hydrogen-bond donors (Lipinski definition) is 2. The van der Waals surface area contributed by atoms with Crippen LogP contribution in [0, 0.1) is 0 Å². The van der Waals surface area contributed by atoms with Gasteiger partial charge in [-0.1, -0.05) is 0 Å². The van der Waals surface area contributed by atoms with E-state index in [1.165, 1.54) is 48.7 Å². The van der Waals surface area contributed by atoms with E-state index in [0.29, 0.717) is 30.0 Å². The van der Waals surface area contributed by atoms with Gasteiger partial charge in [-0.2, -0.15) is 0 Å². The van der Waals surface area contributed by atoms with Crippen LogP contribution >= 0.6 is 0 Å². The molecule has 0 radical (unpaired) electrons. The van der Waals surface area contributed by atoms with E-state index in [0.717, 1.165) is 0 Å². The first kappa shape index (κ1) is 21.4. The van der Waals surface area contributed by atoms with Crippen LogP contribution in [0.1, 0.15) is 23.7 Å². The van der Waals surface area contributed by atoms with Crippen molar-refractivity contribution in [3.63, 3.8) is 0 Å². The van der Waals surface area contributed by atoms with Crippen molar-refractivity contribution >= 4 is 27.4 Å². The minimum Gasteiger partial charge on any atom is -0.497 e. The third-order valence-corrected chi connectivity index (χ3v) is 6.35. The number of nitrogens with zero attached hydrogens (tertiary/aromatic N) is 1. The molecule has 0 aromatic heterocycles. The van der Waals surface area contributed by atoms with E-state index in [-0.39, 0.29) is 29.0 Å². The Hall–Kier alpha value is -3.33. The van der Waals surface area contributed by atoms with Crippen molar-refractivity contribution in [2.75, 3.05) is 25.5 Å². The number of sulfonamides is 1. The van der Waals surface area contributed by atoms with Crippen molar-refractivity contribution in [3.05, 3.63) is 66.0 Å². The maximum Gasteiger partial charge on any atom is 0.265 e. The fourth-order valence-electron chi connectivity index (χ4n) is 3.02. The first-order chi connectivity index (χ1) is 14.3. The molecule has 0 unspecified atom stereocenters. The minimum atomic E-state index is -3.88. The number of carbonyl (C=O) groups excluding carboxylic acids is 2. The third kappa shape index (κ3) is 4.80. The number of hydrogen-bond acceptors (Lipinski definition) is 6. The van der Waals surface area contributed by atoms with Crippen molar-refractivity contribution in [3.8, 4) is 5.75 Å². The van der Waals surface area contributed by atoms with Crippen molar-refractivity contribution in [2.24, 2.45) is 0 Å². The van der Waals surface area contributed by atoms with Gasteiger partial charge in [0.25, 0.3) is 10.0 Å². The van der Waals surface area contributed by atoms with Crippen LogP contribution in [-0.2, 0) is 14.8 Å². The summed E-state index contributed by atoms with van der Waals surface area (Å²) in [7, 11) is -2.34. The normalized spacial score (nSPS) is 15.4. The zero-order valence-electron chi connectivity index (χ0n) is 16.7. The molecule has 0 atom stereocenters. The molecule has 30 heavy (non-hydrogen) atoms. The molecular weight excluding hydrogens is 406 g/mol. The summed E-state index contributed by atoms with van der Waals surface area (Å²) in [4.78, 5) is 23.9. The standard InChI is InChI=1S/C21H23N3O5S/c1-15(25)23-17-6-10-19(11-7-17)30(27,28)24-13-3-12-22-21(24)14-20(26)16-4-8-18(29-2)9-5-16/h4-11,14,22H,3,12-13H2,1-2H3,(H,23,25)/b21-14+. The monoisotopic (exact) mass is 429 g/mol. The highest BCUT2D eigenvalue weighted by atomic mass is 32.2. The molecule has 0 bridgehead atoms. The first-order valence-corrected chi connectivity index (χ1v) is 10.8. The molecule has 1 amide bonds. The van der Waals surface area contributed by atoms with Crippen LogP contribution in [0.4, 0.5) is 5.69 Å². The summed E-state index contributed by atoms with van der Waals surface area (Å²) in [6.45, 7) is 2.20. The van der Waals surface area contributed by atoms with Gasteiger partial charge in [-0.05, 0) is 55.0 Å². The fourth-order valence-corrected chi connectivity index (χ4v) is 4.50. The Morgan fingerprint density at radius 3 is 2.37 bits per heavy atom. The second-order valence-electron chi connectivity index (χ2n) is 6.69. The molecule has 8 nitrogen and oxygen atoms in total. The van der Waals surface area contributed by atoms with E-state index in [1.807, 2.05) is 0 Å². The Kier molecular flexibility index (Phi) is 6.41. The van der Waals surface area contributed by atoms with Gasteiger partial charge in [0, 0.05) is 37.3 Å². The minimum absolute atomic E-state index is 0.0723. The topological polar surface area (TPSA) is 105 Å². The Bertz CT molecular complexity index is 1060. The predicted octanol–water partition coefficient (Wildman–Crippen LogP) is 2.36. The lowest BCUT2D eigenvalue weighted by Crippen LogP contribution is -2.43. The molecule has 2 N–H and O–H groups in total. The van der Waals surface area contributed by atoms with Gasteiger partial charge in [0.05, 0.1) is 12.0 Å². The molecule has 0 spiro atoms. The average molecular weight is 429 g/mol. The van der Waals surface area contributed by atoms with Crippen LogP contribution in [0.3, 0.4) is 0 Å². The quantitative estimate of drug-likeness (QED) is 0.540. The number of carbonyl (C=O) groups is 2. The van der Waals surface area contributed by atoms with E-state index >= 15 is 0 Å². The molecule has 0 saturated carbocycles. The maximum absolute atomic E-state index is 13.2. The summed E-state index contributed by atoms with van der Waals surface area (Å²) in [6, 6.07) is 12.5. The van der Waals surface area contributed by atoms with Gasteiger partial charge in [-0.15, -0.1) is 0 Å². The summed E-state index contributed by atoms with van der Waals surface area (Å²) in [6.07, 6.45) is 1.90. The van der Waals surface area contributed by atoms with Crippen LogP contribution < -0.4 is 15.4 Å². The highest BCUT2D eigenvalue weighted by Gasteiger charge is 2.29. The number of ether oxygens (including phenoxy) is 1. The molecule has 1 aliphatic rings. The summed E-state index contributed by atoms with van der Waals surface area (Å²) in [5.74, 6) is 0.297. The second-order valence-corrected chi connectivity index (χ2v) is 8.55. The van der Waals surface area contributed by atoms with E-state index in [1.54, 1.807) is 24.3 Å². The number of allylic oxidation sites excluding steroid dienone is 1. The molecule has 158 valence electrons. The van der Waals surface area contributed by atoms with E-state index < -0.39 is 10.0 Å². The molecule has 2 aromatic rings. The van der Waals surface area contributed by atoms with E-state index in [2.05, 4.69) is 10.6 Å². The number of methoxy groups -OCH3 is 1. The van der Waals surface area contributed by atoms with Gasteiger partial charge in [0.15, 0.2) is 5.78 Å². The van der Waals surface area contributed by atoms with Crippen molar-refractivity contribution in [1.82, 2.24) is 9.62 Å². The molecule has 1 saturated heterocycles. The van der Waals surface area contributed by atoms with E-state index in [9.17, 15) is 18.0 Å². The van der Waals surface area contributed by atoms with Gasteiger partial charge in [-0.25, -0.2) is 8.42 Å². The van der Waals surface area contributed by atoms with E-state index in [4.69, 9.17) is 4.74 Å². The molecular formula is C21H23N3O5S. The zero-order valence-corrected chi connectivity index (χ0v) is 17.5. The lowest BCUT2D eigenvalue weighted by Gasteiger charge is -2.31. The molecule has 1 heterocycles. The van der Waals surface area contributed by atoms with Crippen molar-refractivity contribution < 1.29 is 22.7 Å². The molecule has 1 fully saturated rings. The lowest BCUT2D eigenvalue weighted by atomic mass is 10.1. The second kappa shape index (κ2) is 9.00. The fraction of sp³-hybridized carbons (Fsp3) is 0.238. The maximum atomic E-state index is 13.2. The van der Waals surface area contributed by atoms with Crippen LogP contribution in [0.15, 0.2) is 65.3 Å². The molecule has 3 rings (SSSR count). The first-order valence-electron chi connectivity index (χ1n) is 9.35. The smallest absolute Gasteiger partial charge is 0.265 e. The number of nitrogens with one attached hydrogen (secondary N) is 2. The number of rotatable bonds is 6. The SMILES string of the molecule is COc1ccc(C(=O)/C=C2\NCCCN2S(=O)(=O)c2ccc(NC(C)=O)cc2)cc1. The number of anilines is 1. The van der Waals surface area contributed by atoms with Gasteiger partial charge < -0.3 is 15.4 Å². The predicted molar refractivity (Wildman–Crippen MR) is 113 cm³/mol. The lowest BCUT2D eigenvalue weighted by molar-refractivity contribution is -0.114. The van der Waals surface area contributed by atoms with Crippen LogP contribution in [0.2, 0.25) is 0 Å². The Balaban J connectivity index is 1.87. The van der Waals surface area contributed by atoms with Gasteiger partial charge in [0.2, 0.25) is 5.91 Å². The summed E-state index contributed by atoms with van der Waals surface area (Å²) < 4.78 is 32.6. The molecule has 2 aromatic carbocycles. The highest BCUT2D eigenvalue weighted by molar-refractivity contribution is 7.89. The Morgan fingerprint density at radius 1 is 1.10 bits per heavy atom. The molecule has 1 aliphatic heterocycles. The Labute approximate surface area is 175 Å². The summed E-state index contributed by atoms with van der Waals surface area (Å²) in [5.41, 5.74) is 0.927. The van der Waals surface area contributed by atoms with Crippen molar-refractivity contribution in [2.45, 2.75) is 18.2 Å². The average Bonchev–Trinajstić information content (AvgIpc) is 2.74. The van der Waals surface area contributed by atoms with Crippen LogP contribution in [-0.4, -0.2) is 44.6 Å². The third-order valence-electron chi connectivity index (χ3n) is 4.52. The number of benzene rings is 2. The summed E-state index contributed by atoms with van der Waals surface area (Å²) >= 11 is 0. The van der Waals surface area contributed by atoms with Crippen LogP contribution in [0.5, 0.6) is 5.75 Å². The zero-order chi connectivity index (χ0) is 21.7. The summed E-state index contributed by atoms with van der Waals surface area (Å²) in [5, 5.41) is 5.61. The largest absolute Gasteiger partial charge is 0.497 e. The number of ketones is 1. The number of amides is 1. The highest BCUT2D eigenvalue weighted by Crippen LogP contribution is 2.24. The van der Waals surface area contributed by atoms with Crippen LogP contribution in [0.25, 0.3) is 0 Å². The molecule has 0 aliphatic carbocycles. The van der Waals surface area contributed by atoms with Gasteiger partial charge >= 0.3 is 0 Å². The van der Waals surface area contributed by atoms with Gasteiger partial charge in [-0.3, -0.25) is 13.9 Å². The molecule has 9 heteroatoms. The van der Waals surface area contributed by atoms with Gasteiger partial charge in [0.1, 0.15) is 11.6 Å².